The summed E-state index contributed by atoms with van der Waals surface area (Å²) in [7, 11) is 0. The van der Waals surface area contributed by atoms with Gasteiger partial charge in [0, 0.05) is 96.9 Å². The molecule has 8 nitrogen and oxygen atoms in total. The lowest BCUT2D eigenvalue weighted by atomic mass is 9.90. The van der Waals surface area contributed by atoms with Crippen molar-refractivity contribution in [1.29, 1.82) is 0 Å². The van der Waals surface area contributed by atoms with Crippen molar-refractivity contribution in [1.82, 2.24) is 42.5 Å². The summed E-state index contributed by atoms with van der Waals surface area (Å²) >= 11 is 5.77. The lowest BCUT2D eigenvalue weighted by Crippen LogP contribution is -2.67. The van der Waals surface area contributed by atoms with E-state index in [0.29, 0.717) is 0 Å². The minimum atomic E-state index is -0.202. The molecule has 0 radical (unpaired) electrons. The Bertz CT molecular complexity index is 595. The van der Waals surface area contributed by atoms with Gasteiger partial charge in [0.1, 0.15) is 0 Å². The number of thiocarbonyl (C=S) groups is 1. The third kappa shape index (κ3) is 15.3. The zero-order valence-corrected chi connectivity index (χ0v) is 24.4. The van der Waals surface area contributed by atoms with Crippen molar-refractivity contribution in [2.24, 2.45) is 5.41 Å². The largest absolute Gasteiger partial charge is 0.363 e. The van der Waals surface area contributed by atoms with Crippen molar-refractivity contribution < 1.29 is 0 Å². The third-order valence-electron chi connectivity index (χ3n) is 7.39. The summed E-state index contributed by atoms with van der Waals surface area (Å²) in [5, 5.41) is 30.0. The number of hydrogen-bond donors (Lipinski definition) is 8. The maximum Gasteiger partial charge on any atom is 0.166 e. The summed E-state index contributed by atoms with van der Waals surface area (Å²) < 4.78 is 0. The highest BCUT2D eigenvalue weighted by Crippen LogP contribution is 2.13. The Morgan fingerprint density at radius 2 is 1.08 bits per heavy atom. The molecule has 3 aliphatic rings. The molecule has 0 amide bonds. The molecule has 0 spiro atoms. The average Bonchev–Trinajstić information content (AvgIpc) is 2.88. The van der Waals surface area contributed by atoms with E-state index in [0.717, 1.165) is 103 Å². The maximum absolute atomic E-state index is 5.77. The molecule has 0 unspecified atom stereocenters. The van der Waals surface area contributed by atoms with Gasteiger partial charge in [0.05, 0.1) is 5.54 Å². The van der Waals surface area contributed by atoms with Gasteiger partial charge in [-0.3, -0.25) is 0 Å². The molecule has 3 aliphatic heterocycles. The van der Waals surface area contributed by atoms with Crippen LogP contribution in [-0.2, 0) is 0 Å². The second kappa shape index (κ2) is 20.0. The van der Waals surface area contributed by atoms with Crippen LogP contribution in [0.15, 0.2) is 0 Å². The molecule has 0 aromatic rings. The van der Waals surface area contributed by atoms with Gasteiger partial charge in [-0.15, -0.1) is 12.3 Å². The summed E-state index contributed by atoms with van der Waals surface area (Å²) in [6.45, 7) is 14.5. The number of rotatable bonds is 11. The first-order chi connectivity index (χ1) is 18.1. The second-order valence-electron chi connectivity index (χ2n) is 11.3. The Labute approximate surface area is 232 Å². The van der Waals surface area contributed by atoms with Crippen molar-refractivity contribution in [3.63, 3.8) is 0 Å². The van der Waals surface area contributed by atoms with Gasteiger partial charge in [-0.1, -0.05) is 45.4 Å². The molecule has 9 heteroatoms. The van der Waals surface area contributed by atoms with Gasteiger partial charge in [0.2, 0.25) is 0 Å². The van der Waals surface area contributed by atoms with Gasteiger partial charge >= 0.3 is 0 Å². The first-order valence-corrected chi connectivity index (χ1v) is 15.2. The lowest BCUT2D eigenvalue weighted by Gasteiger charge is -2.38. The van der Waals surface area contributed by atoms with Crippen molar-refractivity contribution in [2.45, 2.75) is 70.3 Å². The van der Waals surface area contributed by atoms with Crippen molar-refractivity contribution in [3.8, 4) is 12.3 Å². The number of hydrogen-bond acceptors (Lipinski definition) is 7. The van der Waals surface area contributed by atoms with Crippen LogP contribution in [-0.4, -0.2) is 95.7 Å². The Balaban J connectivity index is 1.79. The molecule has 3 rings (SSSR count). The van der Waals surface area contributed by atoms with Crippen LogP contribution in [0, 0.1) is 17.8 Å². The summed E-state index contributed by atoms with van der Waals surface area (Å²) in [5.41, 5.74) is -0.00793. The van der Waals surface area contributed by atoms with Crippen LogP contribution in [0.25, 0.3) is 0 Å². The predicted octanol–water partition coefficient (Wildman–Crippen LogP) is 0.905. The number of nitrogens with one attached hydrogen (secondary N) is 8. The van der Waals surface area contributed by atoms with E-state index in [-0.39, 0.29) is 11.0 Å². The monoisotopic (exact) mass is 536 g/mol. The highest BCUT2D eigenvalue weighted by molar-refractivity contribution is 7.80. The molecule has 3 saturated heterocycles. The van der Waals surface area contributed by atoms with E-state index in [9.17, 15) is 0 Å². The molecule has 0 saturated carbocycles. The summed E-state index contributed by atoms with van der Waals surface area (Å²) in [6, 6.07) is 0. The average molecular weight is 537 g/mol. The third-order valence-corrected chi connectivity index (χ3v) is 7.64. The Morgan fingerprint density at radius 3 is 1.54 bits per heavy atom. The first kappa shape index (κ1) is 32.2. The Hall–Kier alpha value is -0.990. The zero-order chi connectivity index (χ0) is 26.5. The van der Waals surface area contributed by atoms with E-state index >= 15 is 0 Å². The molecule has 3 heterocycles. The highest BCUT2D eigenvalue weighted by Gasteiger charge is 2.31. The van der Waals surface area contributed by atoms with Gasteiger partial charge in [0.25, 0.3) is 0 Å². The Morgan fingerprint density at radius 1 is 0.676 bits per heavy atom. The fourth-order valence-electron chi connectivity index (χ4n) is 5.09. The SMILES string of the molecule is C#CCCCCCCCCCCNC(=S)NC12CNCCNCC(C)(CNCCNC1)CNCCNC2. The zero-order valence-electron chi connectivity index (χ0n) is 23.5. The van der Waals surface area contributed by atoms with Crippen LogP contribution in [0.3, 0.4) is 0 Å². The van der Waals surface area contributed by atoms with Crippen LogP contribution in [0.2, 0.25) is 0 Å². The fourth-order valence-corrected chi connectivity index (χ4v) is 5.41. The van der Waals surface area contributed by atoms with Crippen molar-refractivity contribution >= 4 is 17.3 Å². The minimum absolute atomic E-state index is 0.194. The molecular formula is C28H56N8S. The van der Waals surface area contributed by atoms with Crippen LogP contribution in [0.1, 0.15) is 64.7 Å². The van der Waals surface area contributed by atoms with Gasteiger partial charge in [-0.2, -0.15) is 0 Å². The van der Waals surface area contributed by atoms with Gasteiger partial charge < -0.3 is 42.5 Å². The van der Waals surface area contributed by atoms with E-state index in [1.54, 1.807) is 0 Å². The molecule has 2 bridgehead atoms. The smallest absolute Gasteiger partial charge is 0.166 e. The van der Waals surface area contributed by atoms with E-state index in [4.69, 9.17) is 18.6 Å². The minimum Gasteiger partial charge on any atom is -0.363 e. The number of fused-ring (bicyclic) bond motifs is 15. The topological polar surface area (TPSA) is 96.2 Å². The maximum atomic E-state index is 5.77. The summed E-state index contributed by atoms with van der Waals surface area (Å²) in [5.74, 6) is 2.73. The molecule has 214 valence electrons. The van der Waals surface area contributed by atoms with Crippen LogP contribution < -0.4 is 42.5 Å². The molecule has 37 heavy (non-hydrogen) atoms. The molecule has 3 fully saturated rings. The highest BCUT2D eigenvalue weighted by atomic mass is 32.1. The normalized spacial score (nSPS) is 26.5. The summed E-state index contributed by atoms with van der Waals surface area (Å²) in [4.78, 5) is 0. The second-order valence-corrected chi connectivity index (χ2v) is 11.7. The van der Waals surface area contributed by atoms with Crippen LogP contribution >= 0.6 is 12.2 Å². The van der Waals surface area contributed by atoms with Crippen molar-refractivity contribution in [3.05, 3.63) is 0 Å². The molecule has 8 N–H and O–H groups in total. The van der Waals surface area contributed by atoms with E-state index in [1.807, 2.05) is 0 Å². The van der Waals surface area contributed by atoms with E-state index in [2.05, 4.69) is 55.4 Å². The van der Waals surface area contributed by atoms with E-state index in [1.165, 1.54) is 44.9 Å². The Kier molecular flexibility index (Phi) is 17.4. The van der Waals surface area contributed by atoms with Gasteiger partial charge in [-0.05, 0) is 25.1 Å². The molecule has 0 atom stereocenters. The van der Waals surface area contributed by atoms with Crippen LogP contribution in [0.4, 0.5) is 0 Å². The van der Waals surface area contributed by atoms with Crippen LogP contribution in [0.5, 0.6) is 0 Å². The predicted molar refractivity (Wildman–Crippen MR) is 162 cm³/mol. The first-order valence-electron chi connectivity index (χ1n) is 14.8. The van der Waals surface area contributed by atoms with Gasteiger partial charge in [0.15, 0.2) is 5.11 Å². The summed E-state index contributed by atoms with van der Waals surface area (Å²) in [6.07, 6.45) is 16.4. The standard InChI is InChI=1S/C28H56N8S/c1-3-4-5-6-7-8-9-10-11-12-13-35-26(37)36-28-23-32-17-14-29-20-27(2,21-30-15-18-33-24-28)22-31-16-19-34-25-28/h1,29-34H,4-25H2,2H3,(H2,35,36,37). The number of terminal acetylenes is 1. The molecule has 0 aromatic heterocycles. The molecule has 0 aliphatic carbocycles. The van der Waals surface area contributed by atoms with Crippen molar-refractivity contribution in [2.75, 3.05) is 85.1 Å². The van der Waals surface area contributed by atoms with E-state index < -0.39 is 0 Å². The van der Waals surface area contributed by atoms with Gasteiger partial charge in [-0.25, -0.2) is 0 Å². The quantitative estimate of drug-likeness (QED) is 0.111. The molecular weight excluding hydrogens is 480 g/mol. The lowest BCUT2D eigenvalue weighted by molar-refractivity contribution is 0.260. The number of unbranched alkanes of at least 4 members (excludes halogenated alkanes) is 8. The fraction of sp³-hybridized carbons (Fsp3) is 0.893. The molecule has 0 aromatic carbocycles.